The first-order valence-electron chi connectivity index (χ1n) is 9.10. The van der Waals surface area contributed by atoms with Gasteiger partial charge in [0.15, 0.2) is 0 Å². The second-order valence-corrected chi connectivity index (χ2v) is 7.76. The average molecular weight is 421 g/mol. The highest BCUT2D eigenvalue weighted by Gasteiger charge is 2.36. The van der Waals surface area contributed by atoms with Gasteiger partial charge in [-0.15, -0.1) is 0 Å². The van der Waals surface area contributed by atoms with E-state index in [1.165, 1.54) is 6.08 Å². The predicted octanol–water partition coefficient (Wildman–Crippen LogP) is 0.956. The molecule has 0 saturated carbocycles. The van der Waals surface area contributed by atoms with Crippen molar-refractivity contribution in [1.82, 2.24) is 5.32 Å². The van der Waals surface area contributed by atoms with Gasteiger partial charge in [0, 0.05) is 11.6 Å². The summed E-state index contributed by atoms with van der Waals surface area (Å²) in [4.78, 5) is 23.7. The lowest BCUT2D eigenvalue weighted by atomic mass is 9.88. The largest absolute Gasteiger partial charge is 0.463 e. The molecule has 1 aliphatic rings. The minimum absolute atomic E-state index is 0.0353. The van der Waals surface area contributed by atoms with Crippen LogP contribution in [0.25, 0.3) is 0 Å². The number of rotatable bonds is 8. The molecule has 3 atom stereocenters. The van der Waals surface area contributed by atoms with Crippen LogP contribution < -0.4 is 11.1 Å². The van der Waals surface area contributed by atoms with E-state index in [4.69, 9.17) is 19.8 Å². The number of hydrogen-bond donors (Lipinski definition) is 3. The molecule has 162 valence electrons. The molecule has 1 amide bonds. The van der Waals surface area contributed by atoms with Crippen LogP contribution >= 0.6 is 0 Å². The molecule has 9 nitrogen and oxygen atoms in total. The summed E-state index contributed by atoms with van der Waals surface area (Å²) in [5.74, 6) is -0.689. The van der Waals surface area contributed by atoms with E-state index in [0.717, 1.165) is 12.8 Å². The van der Waals surface area contributed by atoms with Gasteiger partial charge in [-0.25, -0.2) is 4.79 Å². The van der Waals surface area contributed by atoms with Crippen LogP contribution in [0.1, 0.15) is 40.0 Å². The maximum absolute atomic E-state index is 12.0. The van der Waals surface area contributed by atoms with Crippen molar-refractivity contribution in [3.8, 4) is 0 Å². The van der Waals surface area contributed by atoms with E-state index in [9.17, 15) is 18.0 Å². The highest BCUT2D eigenvalue weighted by Crippen LogP contribution is 2.24. The molecule has 0 aliphatic heterocycles. The molecule has 0 aromatic carbocycles. The summed E-state index contributed by atoms with van der Waals surface area (Å²) in [5, 5.41) is 2.81. The normalized spacial score (nSPS) is 21.8. The van der Waals surface area contributed by atoms with E-state index in [-0.39, 0.29) is 18.0 Å². The third kappa shape index (κ3) is 10.5. The Morgan fingerprint density at radius 1 is 1.39 bits per heavy atom. The van der Waals surface area contributed by atoms with Crippen molar-refractivity contribution in [3.63, 3.8) is 0 Å². The zero-order chi connectivity index (χ0) is 21.9. The Kier molecular flexibility index (Phi) is 11.9. The molecule has 0 bridgehead atoms. The zero-order valence-corrected chi connectivity index (χ0v) is 17.7. The molecule has 4 N–H and O–H groups in total. The van der Waals surface area contributed by atoms with Gasteiger partial charge in [-0.05, 0) is 38.3 Å². The first kappa shape index (κ1) is 26.2. The number of carbonyl (C=O) groups excluding carboxylic acids is 2. The fourth-order valence-electron chi connectivity index (χ4n) is 2.61. The van der Waals surface area contributed by atoms with E-state index in [2.05, 4.69) is 11.9 Å². The lowest BCUT2D eigenvalue weighted by molar-refractivity contribution is -0.139. The summed E-state index contributed by atoms with van der Waals surface area (Å²) in [5.41, 5.74) is 6.68. The van der Waals surface area contributed by atoms with Crippen LogP contribution in [0.2, 0.25) is 0 Å². The van der Waals surface area contributed by atoms with E-state index in [1.807, 2.05) is 13.8 Å². The molecule has 1 rings (SSSR count). The van der Waals surface area contributed by atoms with Crippen molar-refractivity contribution in [1.29, 1.82) is 0 Å². The summed E-state index contributed by atoms with van der Waals surface area (Å²) in [7, 11) is -3.67. The van der Waals surface area contributed by atoms with Crippen molar-refractivity contribution in [2.24, 2.45) is 5.73 Å². The van der Waals surface area contributed by atoms with Crippen LogP contribution in [-0.4, -0.2) is 62.0 Å². The van der Waals surface area contributed by atoms with E-state index in [0.29, 0.717) is 24.9 Å². The van der Waals surface area contributed by atoms with Crippen molar-refractivity contribution in [3.05, 3.63) is 24.3 Å². The minimum Gasteiger partial charge on any atom is -0.463 e. The quantitative estimate of drug-likeness (QED) is 0.299. The minimum atomic E-state index is -3.67. The number of esters is 1. The Labute approximate surface area is 167 Å². The standard InChI is InChI=1S/C17H28N2O4.CH4O3S/c1-5-12(6-2)23-14-10-11(17(21)22-8-4)9-13(18)16(14)19-15(20)7-3;1-5(2,3)4/h7,10,12-14,16H,3,5-6,8-9,18H2,1-2,4H3,(H,19,20);1H3,(H,2,3,4). The van der Waals surface area contributed by atoms with Gasteiger partial charge in [-0.3, -0.25) is 9.35 Å². The number of hydrogen-bond acceptors (Lipinski definition) is 7. The summed E-state index contributed by atoms with van der Waals surface area (Å²) >= 11 is 0. The molecule has 10 heteroatoms. The van der Waals surface area contributed by atoms with E-state index in [1.54, 1.807) is 13.0 Å². The van der Waals surface area contributed by atoms with Crippen LogP contribution in [0.5, 0.6) is 0 Å². The Balaban J connectivity index is 0.00000129. The maximum Gasteiger partial charge on any atom is 0.333 e. The summed E-state index contributed by atoms with van der Waals surface area (Å²) in [6.45, 7) is 9.58. The summed E-state index contributed by atoms with van der Waals surface area (Å²) in [6.07, 6.45) is 5.23. The number of amides is 1. The van der Waals surface area contributed by atoms with Crippen molar-refractivity contribution in [2.45, 2.75) is 64.3 Å². The smallest absolute Gasteiger partial charge is 0.333 e. The van der Waals surface area contributed by atoms with Crippen molar-refractivity contribution >= 4 is 22.0 Å². The summed E-state index contributed by atoms with van der Waals surface area (Å²) in [6, 6.07) is -0.832. The van der Waals surface area contributed by atoms with Gasteiger partial charge in [-0.2, -0.15) is 8.42 Å². The Morgan fingerprint density at radius 2 is 1.93 bits per heavy atom. The van der Waals surface area contributed by atoms with Crippen LogP contribution in [-0.2, 0) is 29.2 Å². The van der Waals surface area contributed by atoms with Gasteiger partial charge >= 0.3 is 5.97 Å². The highest BCUT2D eigenvalue weighted by molar-refractivity contribution is 7.85. The highest BCUT2D eigenvalue weighted by atomic mass is 32.2. The lowest BCUT2D eigenvalue weighted by Gasteiger charge is -2.36. The van der Waals surface area contributed by atoms with Gasteiger partial charge in [-0.1, -0.05) is 20.4 Å². The van der Waals surface area contributed by atoms with Gasteiger partial charge in [0.25, 0.3) is 10.1 Å². The zero-order valence-electron chi connectivity index (χ0n) is 16.9. The molecule has 0 aromatic rings. The molecule has 0 heterocycles. The number of nitrogens with two attached hydrogens (primary N) is 1. The lowest BCUT2D eigenvalue weighted by Crippen LogP contribution is -2.57. The molecular weight excluding hydrogens is 388 g/mol. The molecule has 0 fully saturated rings. The average Bonchev–Trinajstić information content (AvgIpc) is 2.60. The van der Waals surface area contributed by atoms with Gasteiger partial charge in [0.1, 0.15) is 0 Å². The molecule has 1 aliphatic carbocycles. The van der Waals surface area contributed by atoms with Gasteiger partial charge in [0.2, 0.25) is 5.91 Å². The third-order valence-corrected chi connectivity index (χ3v) is 3.93. The van der Waals surface area contributed by atoms with Gasteiger partial charge < -0.3 is 20.5 Å². The topological polar surface area (TPSA) is 145 Å². The van der Waals surface area contributed by atoms with Crippen molar-refractivity contribution < 1.29 is 32.0 Å². The Hall–Kier alpha value is -1.75. The molecule has 3 unspecified atom stereocenters. The number of nitrogens with one attached hydrogen (secondary N) is 1. The SMILES string of the molecule is C=CC(=O)NC1C(N)CC(C(=O)OCC)=CC1OC(CC)CC.CS(=O)(=O)O. The van der Waals surface area contributed by atoms with E-state index >= 15 is 0 Å². The van der Waals surface area contributed by atoms with Gasteiger partial charge in [0.05, 0.1) is 31.1 Å². The third-order valence-electron chi connectivity index (χ3n) is 3.93. The second kappa shape index (κ2) is 12.7. The molecule has 28 heavy (non-hydrogen) atoms. The Bertz CT molecular complexity index is 649. The molecular formula is C18H32N2O7S. The van der Waals surface area contributed by atoms with Crippen LogP contribution in [0.4, 0.5) is 0 Å². The fourth-order valence-corrected chi connectivity index (χ4v) is 2.61. The monoisotopic (exact) mass is 420 g/mol. The van der Waals surface area contributed by atoms with Crippen LogP contribution in [0.15, 0.2) is 24.3 Å². The summed E-state index contributed by atoms with van der Waals surface area (Å²) < 4.78 is 37.0. The molecule has 0 aromatic heterocycles. The number of carbonyl (C=O) groups is 2. The van der Waals surface area contributed by atoms with Crippen molar-refractivity contribution in [2.75, 3.05) is 12.9 Å². The van der Waals surface area contributed by atoms with E-state index < -0.39 is 28.3 Å². The maximum atomic E-state index is 12.0. The fraction of sp³-hybridized carbons (Fsp3) is 0.667. The second-order valence-electron chi connectivity index (χ2n) is 6.29. The van der Waals surface area contributed by atoms with Crippen LogP contribution in [0.3, 0.4) is 0 Å². The predicted molar refractivity (Wildman–Crippen MR) is 106 cm³/mol. The molecule has 0 radical (unpaired) electrons. The first-order chi connectivity index (χ1) is 13.0. The Morgan fingerprint density at radius 3 is 2.36 bits per heavy atom. The molecule has 0 saturated heterocycles. The molecule has 0 spiro atoms. The number of ether oxygens (including phenoxy) is 2. The first-order valence-corrected chi connectivity index (χ1v) is 11.0. The van der Waals surface area contributed by atoms with Crippen LogP contribution in [0, 0.1) is 0 Å².